The fourth-order valence-electron chi connectivity index (χ4n) is 2.98. The minimum atomic E-state index is -3.71. The van der Waals surface area contributed by atoms with E-state index in [0.717, 1.165) is 20.6 Å². The van der Waals surface area contributed by atoms with Crippen LogP contribution in [0.1, 0.15) is 5.56 Å². The highest BCUT2D eigenvalue weighted by molar-refractivity contribution is 7.89. The summed E-state index contributed by atoms with van der Waals surface area (Å²) >= 11 is 0. The van der Waals surface area contributed by atoms with E-state index in [1.165, 1.54) is 33.3 Å². The molecule has 28 heavy (non-hydrogen) atoms. The number of sulfonamides is 1. The Hall–Kier alpha value is -2.90. The Kier molecular flexibility index (Phi) is 5.67. The topological polar surface area (TPSA) is 75.7 Å². The van der Waals surface area contributed by atoms with Crippen molar-refractivity contribution in [2.75, 3.05) is 26.5 Å². The lowest BCUT2D eigenvalue weighted by atomic mass is 10.0. The van der Waals surface area contributed by atoms with E-state index in [1.807, 2.05) is 42.5 Å². The van der Waals surface area contributed by atoms with Gasteiger partial charge < -0.3 is 10.1 Å². The molecule has 146 valence electrons. The number of rotatable bonds is 6. The Labute approximate surface area is 164 Å². The number of carbonyl (C=O) groups is 1. The zero-order valence-corrected chi connectivity index (χ0v) is 16.8. The summed E-state index contributed by atoms with van der Waals surface area (Å²) in [5, 5.41) is 4.87. The summed E-state index contributed by atoms with van der Waals surface area (Å²) in [5.41, 5.74) is 1.30. The van der Waals surface area contributed by atoms with Gasteiger partial charge in [0.15, 0.2) is 0 Å². The molecule has 0 aliphatic carbocycles. The number of methoxy groups -OCH3 is 1. The van der Waals surface area contributed by atoms with Gasteiger partial charge in [-0.1, -0.05) is 42.5 Å². The van der Waals surface area contributed by atoms with E-state index in [4.69, 9.17) is 4.74 Å². The van der Waals surface area contributed by atoms with E-state index < -0.39 is 10.0 Å². The van der Waals surface area contributed by atoms with Gasteiger partial charge in [-0.05, 0) is 34.5 Å². The number of anilines is 1. The van der Waals surface area contributed by atoms with E-state index in [-0.39, 0.29) is 23.0 Å². The lowest BCUT2D eigenvalue weighted by Crippen LogP contribution is -2.23. The zero-order chi connectivity index (χ0) is 20.3. The molecule has 0 atom stereocenters. The van der Waals surface area contributed by atoms with E-state index in [9.17, 15) is 13.2 Å². The van der Waals surface area contributed by atoms with Crippen molar-refractivity contribution in [2.24, 2.45) is 0 Å². The van der Waals surface area contributed by atoms with Gasteiger partial charge in [0.2, 0.25) is 15.9 Å². The van der Waals surface area contributed by atoms with Gasteiger partial charge in [-0.2, -0.15) is 0 Å². The summed E-state index contributed by atoms with van der Waals surface area (Å²) in [6.07, 6.45) is 0.184. The number of amides is 1. The summed E-state index contributed by atoms with van der Waals surface area (Å²) in [5.74, 6) is -0.00419. The number of hydrogen-bond acceptors (Lipinski definition) is 4. The van der Waals surface area contributed by atoms with Crippen molar-refractivity contribution in [2.45, 2.75) is 11.3 Å². The molecule has 3 aromatic rings. The highest BCUT2D eigenvalue weighted by Crippen LogP contribution is 2.29. The van der Waals surface area contributed by atoms with Crippen LogP contribution in [0.5, 0.6) is 5.75 Å². The van der Waals surface area contributed by atoms with Crippen LogP contribution in [0.3, 0.4) is 0 Å². The second-order valence-corrected chi connectivity index (χ2v) is 8.64. The number of ether oxygens (including phenoxy) is 1. The summed E-state index contributed by atoms with van der Waals surface area (Å²) in [4.78, 5) is 12.6. The maximum absolute atomic E-state index is 12.6. The van der Waals surface area contributed by atoms with E-state index in [0.29, 0.717) is 5.69 Å². The van der Waals surface area contributed by atoms with Gasteiger partial charge in [0.1, 0.15) is 10.6 Å². The van der Waals surface area contributed by atoms with Crippen molar-refractivity contribution in [3.63, 3.8) is 0 Å². The smallest absolute Gasteiger partial charge is 0.246 e. The largest absolute Gasteiger partial charge is 0.495 e. The van der Waals surface area contributed by atoms with Crippen molar-refractivity contribution in [3.05, 3.63) is 66.2 Å². The van der Waals surface area contributed by atoms with Gasteiger partial charge in [-0.25, -0.2) is 12.7 Å². The molecule has 0 heterocycles. The molecule has 7 heteroatoms. The summed E-state index contributed by atoms with van der Waals surface area (Å²) in [7, 11) is 0.587. The van der Waals surface area contributed by atoms with Crippen molar-refractivity contribution < 1.29 is 17.9 Å². The number of nitrogens with zero attached hydrogens (tertiary/aromatic N) is 1. The van der Waals surface area contributed by atoms with E-state index in [2.05, 4.69) is 5.32 Å². The Morgan fingerprint density at radius 1 is 1.04 bits per heavy atom. The molecular weight excluding hydrogens is 376 g/mol. The Morgan fingerprint density at radius 3 is 2.46 bits per heavy atom. The van der Waals surface area contributed by atoms with Crippen LogP contribution in [-0.4, -0.2) is 39.8 Å². The molecule has 0 bridgehead atoms. The Morgan fingerprint density at radius 2 is 1.75 bits per heavy atom. The Balaban J connectivity index is 1.86. The first-order chi connectivity index (χ1) is 13.3. The molecule has 0 aromatic heterocycles. The maximum atomic E-state index is 12.6. The van der Waals surface area contributed by atoms with Crippen LogP contribution < -0.4 is 10.1 Å². The van der Waals surface area contributed by atoms with Crippen LogP contribution in [0.4, 0.5) is 5.69 Å². The average molecular weight is 398 g/mol. The molecule has 0 aliphatic rings. The lowest BCUT2D eigenvalue weighted by Gasteiger charge is -2.16. The van der Waals surface area contributed by atoms with Crippen LogP contribution in [0.25, 0.3) is 10.8 Å². The van der Waals surface area contributed by atoms with E-state index in [1.54, 1.807) is 6.07 Å². The van der Waals surface area contributed by atoms with Crippen molar-refractivity contribution in [1.82, 2.24) is 4.31 Å². The molecule has 6 nitrogen and oxygen atoms in total. The van der Waals surface area contributed by atoms with E-state index >= 15 is 0 Å². The standard InChI is InChI=1S/C21H22N2O4S/c1-23(2)28(25,26)20-14-17(11-12-19(20)27-3)22-21(24)13-16-9-6-8-15-7-4-5-10-18(15)16/h4-12,14H,13H2,1-3H3,(H,22,24). The van der Waals surface area contributed by atoms with Crippen molar-refractivity contribution in [1.29, 1.82) is 0 Å². The molecule has 0 spiro atoms. The van der Waals surface area contributed by atoms with Gasteiger partial charge in [-0.15, -0.1) is 0 Å². The second kappa shape index (κ2) is 8.00. The maximum Gasteiger partial charge on any atom is 0.246 e. The monoisotopic (exact) mass is 398 g/mol. The number of hydrogen-bond donors (Lipinski definition) is 1. The van der Waals surface area contributed by atoms with Crippen LogP contribution in [0, 0.1) is 0 Å². The van der Waals surface area contributed by atoms with Crippen LogP contribution in [0.2, 0.25) is 0 Å². The first kappa shape index (κ1) is 19.9. The molecule has 3 aromatic carbocycles. The molecule has 0 radical (unpaired) electrons. The van der Waals surface area contributed by atoms with Gasteiger partial charge in [-0.3, -0.25) is 4.79 Å². The van der Waals surface area contributed by atoms with Crippen LogP contribution >= 0.6 is 0 Å². The third-order valence-electron chi connectivity index (χ3n) is 4.44. The summed E-state index contributed by atoms with van der Waals surface area (Å²) in [6, 6.07) is 18.3. The normalized spacial score (nSPS) is 11.6. The quantitative estimate of drug-likeness (QED) is 0.691. The number of benzene rings is 3. The third-order valence-corrected chi connectivity index (χ3v) is 6.27. The predicted octanol–water partition coefficient (Wildman–Crippen LogP) is 3.28. The highest BCUT2D eigenvalue weighted by Gasteiger charge is 2.23. The molecule has 1 amide bonds. The number of carbonyl (C=O) groups excluding carboxylic acids is 1. The van der Waals surface area contributed by atoms with Crippen LogP contribution in [-0.2, 0) is 21.2 Å². The van der Waals surface area contributed by atoms with Gasteiger partial charge in [0.05, 0.1) is 13.5 Å². The van der Waals surface area contributed by atoms with Crippen molar-refractivity contribution >= 4 is 32.4 Å². The van der Waals surface area contributed by atoms with Gasteiger partial charge >= 0.3 is 0 Å². The fourth-order valence-corrected chi connectivity index (χ4v) is 4.05. The third kappa shape index (κ3) is 4.00. The van der Waals surface area contributed by atoms with Gasteiger partial charge in [0.25, 0.3) is 0 Å². The minimum absolute atomic E-state index is 0.00274. The molecule has 0 fully saturated rings. The fraction of sp³-hybridized carbons (Fsp3) is 0.190. The molecular formula is C21H22N2O4S. The minimum Gasteiger partial charge on any atom is -0.495 e. The highest BCUT2D eigenvalue weighted by atomic mass is 32.2. The first-order valence-corrected chi connectivity index (χ1v) is 10.1. The molecule has 0 aliphatic heterocycles. The SMILES string of the molecule is COc1ccc(NC(=O)Cc2cccc3ccccc23)cc1S(=O)(=O)N(C)C. The number of nitrogens with one attached hydrogen (secondary N) is 1. The molecule has 1 N–H and O–H groups in total. The first-order valence-electron chi connectivity index (χ1n) is 8.70. The molecule has 0 saturated carbocycles. The number of fused-ring (bicyclic) bond motifs is 1. The molecule has 0 unspecified atom stereocenters. The van der Waals surface area contributed by atoms with Gasteiger partial charge in [0, 0.05) is 19.8 Å². The van der Waals surface area contributed by atoms with Crippen molar-refractivity contribution in [3.8, 4) is 5.75 Å². The van der Waals surface area contributed by atoms with Crippen LogP contribution in [0.15, 0.2) is 65.6 Å². The second-order valence-electron chi connectivity index (χ2n) is 6.52. The molecule has 3 rings (SSSR count). The summed E-state index contributed by atoms with van der Waals surface area (Å²) in [6.45, 7) is 0. The predicted molar refractivity (Wildman–Crippen MR) is 110 cm³/mol. The lowest BCUT2D eigenvalue weighted by molar-refractivity contribution is -0.115. The Bertz CT molecular complexity index is 1120. The average Bonchev–Trinajstić information content (AvgIpc) is 2.68. The summed E-state index contributed by atoms with van der Waals surface area (Å²) < 4.78 is 31.3. The zero-order valence-electron chi connectivity index (χ0n) is 16.0. The molecule has 0 saturated heterocycles.